The van der Waals surface area contributed by atoms with Gasteiger partial charge in [-0.3, -0.25) is 14.4 Å². The van der Waals surface area contributed by atoms with Gasteiger partial charge in [0.05, 0.1) is 0 Å². The second-order valence-corrected chi connectivity index (χ2v) is 23.8. The molecule has 83 heavy (non-hydrogen) atoms. The van der Waals surface area contributed by atoms with Gasteiger partial charge in [0, 0.05) is 19.3 Å². The summed E-state index contributed by atoms with van der Waals surface area (Å²) in [7, 11) is 0. The van der Waals surface area contributed by atoms with Gasteiger partial charge in [-0.1, -0.05) is 317 Å². The van der Waals surface area contributed by atoms with Crippen LogP contribution in [0.3, 0.4) is 0 Å². The number of allylic oxidation sites excluding steroid dienone is 16. The van der Waals surface area contributed by atoms with Crippen LogP contribution in [0.4, 0.5) is 0 Å². The Bertz CT molecular complexity index is 1610. The lowest BCUT2D eigenvalue weighted by molar-refractivity contribution is -0.167. The van der Waals surface area contributed by atoms with Gasteiger partial charge in [0.1, 0.15) is 13.2 Å². The summed E-state index contributed by atoms with van der Waals surface area (Å²) in [6, 6.07) is 0. The van der Waals surface area contributed by atoms with Gasteiger partial charge in [0.15, 0.2) is 6.10 Å². The topological polar surface area (TPSA) is 78.9 Å². The van der Waals surface area contributed by atoms with Gasteiger partial charge < -0.3 is 14.2 Å². The molecule has 0 heterocycles. The average molecular weight is 1160 g/mol. The Labute approximate surface area is 515 Å². The Morgan fingerprint density at radius 3 is 0.783 bits per heavy atom. The van der Waals surface area contributed by atoms with E-state index in [0.717, 1.165) is 103 Å². The third-order valence-corrected chi connectivity index (χ3v) is 15.5. The van der Waals surface area contributed by atoms with Gasteiger partial charge in [-0.2, -0.15) is 0 Å². The number of esters is 3. The van der Waals surface area contributed by atoms with E-state index in [-0.39, 0.29) is 31.1 Å². The third-order valence-electron chi connectivity index (χ3n) is 15.5. The van der Waals surface area contributed by atoms with Crippen LogP contribution in [-0.2, 0) is 28.6 Å². The molecule has 0 saturated heterocycles. The fourth-order valence-electron chi connectivity index (χ4n) is 10.2. The van der Waals surface area contributed by atoms with E-state index >= 15 is 0 Å². The van der Waals surface area contributed by atoms with Gasteiger partial charge in [-0.25, -0.2) is 0 Å². The van der Waals surface area contributed by atoms with Gasteiger partial charge in [0.2, 0.25) is 0 Å². The molecule has 1 unspecified atom stereocenters. The van der Waals surface area contributed by atoms with Gasteiger partial charge >= 0.3 is 17.9 Å². The minimum Gasteiger partial charge on any atom is -0.462 e. The molecule has 0 aliphatic heterocycles. The highest BCUT2D eigenvalue weighted by molar-refractivity contribution is 5.71. The van der Waals surface area contributed by atoms with Crippen molar-refractivity contribution in [3.63, 3.8) is 0 Å². The molecule has 0 bridgehead atoms. The van der Waals surface area contributed by atoms with Gasteiger partial charge in [-0.05, 0) is 116 Å². The van der Waals surface area contributed by atoms with E-state index in [1.165, 1.54) is 212 Å². The van der Waals surface area contributed by atoms with Crippen LogP contribution >= 0.6 is 0 Å². The summed E-state index contributed by atoms with van der Waals surface area (Å²) in [6.45, 7) is 6.51. The molecule has 0 aromatic rings. The van der Waals surface area contributed by atoms with Crippen LogP contribution < -0.4 is 0 Å². The van der Waals surface area contributed by atoms with Crippen LogP contribution in [0.25, 0.3) is 0 Å². The van der Waals surface area contributed by atoms with Crippen LogP contribution in [0.15, 0.2) is 97.2 Å². The molecule has 0 N–H and O–H groups in total. The summed E-state index contributed by atoms with van der Waals surface area (Å²) < 4.78 is 17.0. The molecule has 0 aromatic carbocycles. The first kappa shape index (κ1) is 79.3. The van der Waals surface area contributed by atoms with E-state index in [1.807, 2.05) is 0 Å². The average Bonchev–Trinajstić information content (AvgIpc) is 3.48. The standard InChI is InChI=1S/C77H134O6/c1-4-7-10-13-16-19-22-24-26-28-30-32-34-36-38-40-42-44-46-48-50-52-55-58-61-64-67-70-76(79)82-73-74(72-81-75(78)69-66-63-60-57-54-21-18-15-12-9-6-3)83-77(80)71-68-65-62-59-56-53-51-49-47-45-43-41-39-37-35-33-31-29-27-25-23-20-17-14-11-8-5-2/h7,10,15-16,18-19,23-26,29-32,36,38,74H,4-6,8-9,11-14,17,20-22,27-28,33-35,37,39-73H2,1-3H3/b10-7-,18-15-,19-16-,25-23-,26-24-,31-29-,32-30-,38-36-. The van der Waals surface area contributed by atoms with Crippen LogP contribution in [0.2, 0.25) is 0 Å². The molecule has 0 aliphatic rings. The van der Waals surface area contributed by atoms with Gasteiger partial charge in [-0.15, -0.1) is 0 Å². The first-order valence-electron chi connectivity index (χ1n) is 35.7. The number of carbonyl (C=O) groups excluding carboxylic acids is 3. The first-order valence-corrected chi connectivity index (χ1v) is 35.7. The molecule has 0 rings (SSSR count). The van der Waals surface area contributed by atoms with Crippen LogP contribution in [0.1, 0.15) is 355 Å². The van der Waals surface area contributed by atoms with E-state index in [2.05, 4.69) is 118 Å². The van der Waals surface area contributed by atoms with Crippen LogP contribution in [0.5, 0.6) is 0 Å². The summed E-state index contributed by atoms with van der Waals surface area (Å²) in [5, 5.41) is 0. The SMILES string of the molecule is CC/C=C\C/C=C\C/C=C\C/C=C\C/C=C\CCCCCCCCCCCCCC(=O)OCC(COC(=O)CCCCCCC/C=C\CCCC)OC(=O)CCCCCCCCCCCCCCCCC/C=C\C/C=C\CCCCCCC. The van der Waals surface area contributed by atoms with Crippen molar-refractivity contribution >= 4 is 17.9 Å². The third kappa shape index (κ3) is 69.0. The Hall–Kier alpha value is -3.67. The number of carbonyl (C=O) groups is 3. The van der Waals surface area contributed by atoms with E-state index < -0.39 is 6.10 Å². The smallest absolute Gasteiger partial charge is 0.306 e. The summed E-state index contributed by atoms with van der Waals surface area (Å²) in [4.78, 5) is 38.4. The highest BCUT2D eigenvalue weighted by Crippen LogP contribution is 2.17. The first-order chi connectivity index (χ1) is 41.0. The maximum absolute atomic E-state index is 13.0. The Balaban J connectivity index is 4.22. The fourth-order valence-corrected chi connectivity index (χ4v) is 10.2. The molecular formula is C77H134O6. The van der Waals surface area contributed by atoms with E-state index in [1.54, 1.807) is 0 Å². The minimum absolute atomic E-state index is 0.0792. The molecule has 0 aliphatic carbocycles. The van der Waals surface area contributed by atoms with Crippen molar-refractivity contribution in [2.24, 2.45) is 0 Å². The molecule has 0 aromatic heterocycles. The zero-order chi connectivity index (χ0) is 59.9. The summed E-state index contributed by atoms with van der Waals surface area (Å²) in [5.74, 6) is -0.877. The summed E-state index contributed by atoms with van der Waals surface area (Å²) >= 11 is 0. The lowest BCUT2D eigenvalue weighted by Gasteiger charge is -2.18. The van der Waals surface area contributed by atoms with E-state index in [0.29, 0.717) is 19.3 Å². The molecular weight excluding hydrogens is 1020 g/mol. The predicted octanol–water partition coefficient (Wildman–Crippen LogP) is 24.8. The van der Waals surface area contributed by atoms with Crippen molar-refractivity contribution in [2.45, 2.75) is 361 Å². The second kappa shape index (κ2) is 70.8. The molecule has 0 radical (unpaired) electrons. The highest BCUT2D eigenvalue weighted by Gasteiger charge is 2.19. The number of ether oxygens (including phenoxy) is 3. The van der Waals surface area contributed by atoms with Crippen molar-refractivity contribution < 1.29 is 28.6 Å². The van der Waals surface area contributed by atoms with Crippen molar-refractivity contribution in [3.05, 3.63) is 97.2 Å². The quantitative estimate of drug-likeness (QED) is 0.0261. The number of rotatable bonds is 65. The second-order valence-electron chi connectivity index (χ2n) is 23.8. The van der Waals surface area contributed by atoms with Gasteiger partial charge in [0.25, 0.3) is 0 Å². The zero-order valence-corrected chi connectivity index (χ0v) is 54.9. The number of hydrogen-bond donors (Lipinski definition) is 0. The van der Waals surface area contributed by atoms with Crippen LogP contribution in [-0.4, -0.2) is 37.2 Å². The Kier molecular flexibility index (Phi) is 67.7. The minimum atomic E-state index is -0.783. The predicted molar refractivity (Wildman–Crippen MR) is 362 cm³/mol. The summed E-state index contributed by atoms with van der Waals surface area (Å²) in [6.07, 6.45) is 95.8. The molecule has 1 atom stereocenters. The molecule has 0 fully saturated rings. The molecule has 6 nitrogen and oxygen atoms in total. The highest BCUT2D eigenvalue weighted by atomic mass is 16.6. The van der Waals surface area contributed by atoms with E-state index in [4.69, 9.17) is 14.2 Å². The van der Waals surface area contributed by atoms with Crippen molar-refractivity contribution in [1.82, 2.24) is 0 Å². The normalized spacial score (nSPS) is 12.7. The Morgan fingerprint density at radius 1 is 0.253 bits per heavy atom. The maximum Gasteiger partial charge on any atom is 0.306 e. The van der Waals surface area contributed by atoms with Crippen LogP contribution in [0, 0.1) is 0 Å². The Morgan fingerprint density at radius 2 is 0.482 bits per heavy atom. The molecule has 6 heteroatoms. The fraction of sp³-hybridized carbons (Fsp3) is 0.753. The largest absolute Gasteiger partial charge is 0.462 e. The van der Waals surface area contributed by atoms with Crippen molar-refractivity contribution in [1.29, 1.82) is 0 Å². The zero-order valence-electron chi connectivity index (χ0n) is 54.9. The van der Waals surface area contributed by atoms with Crippen molar-refractivity contribution in [3.8, 4) is 0 Å². The number of unbranched alkanes of at least 4 members (excludes halogenated alkanes) is 38. The maximum atomic E-state index is 13.0. The molecule has 0 saturated carbocycles. The number of hydrogen-bond acceptors (Lipinski definition) is 6. The monoisotopic (exact) mass is 1160 g/mol. The van der Waals surface area contributed by atoms with E-state index in [9.17, 15) is 14.4 Å². The molecule has 0 spiro atoms. The van der Waals surface area contributed by atoms with Crippen molar-refractivity contribution in [2.75, 3.05) is 13.2 Å². The lowest BCUT2D eigenvalue weighted by atomic mass is 10.0. The molecule has 0 amide bonds. The lowest BCUT2D eigenvalue weighted by Crippen LogP contribution is -2.30. The summed E-state index contributed by atoms with van der Waals surface area (Å²) in [5.41, 5.74) is 0. The molecule has 478 valence electrons.